The van der Waals surface area contributed by atoms with Crippen LogP contribution in [0.2, 0.25) is 0 Å². The summed E-state index contributed by atoms with van der Waals surface area (Å²) in [6.07, 6.45) is 0. The van der Waals surface area contributed by atoms with Gasteiger partial charge in [0.1, 0.15) is 0 Å². The van der Waals surface area contributed by atoms with E-state index in [9.17, 15) is 0 Å². The Morgan fingerprint density at radius 3 is 0.778 bits per heavy atom. The van der Waals surface area contributed by atoms with Gasteiger partial charge in [0.25, 0.3) is 0 Å². The Bertz CT molecular complexity index is 69.1. The fourth-order valence-electron chi connectivity index (χ4n) is 0. The standard InChI is InChI=1S/2NO3.Rh/c2*2-1(3)4;/q2*-1;+2. The molecule has 0 spiro atoms. The van der Waals surface area contributed by atoms with Crippen LogP contribution in [0.25, 0.3) is 0 Å². The van der Waals surface area contributed by atoms with E-state index in [-0.39, 0.29) is 19.5 Å². The molecule has 0 aromatic carbocycles. The molecule has 0 fully saturated rings. The van der Waals surface area contributed by atoms with Crippen LogP contribution in [0.3, 0.4) is 0 Å². The summed E-state index contributed by atoms with van der Waals surface area (Å²) < 4.78 is 0. The predicted octanol–water partition coefficient (Wildman–Crippen LogP) is -0.481. The van der Waals surface area contributed by atoms with Gasteiger partial charge in [-0.2, -0.15) is 0 Å². The Balaban J connectivity index is -0.0000000720. The number of hydrogen-bond acceptors (Lipinski definition) is 6. The van der Waals surface area contributed by atoms with E-state index in [2.05, 4.69) is 0 Å². The number of rotatable bonds is 0. The van der Waals surface area contributed by atoms with Gasteiger partial charge in [-0.15, -0.1) is 0 Å². The molecule has 9 heavy (non-hydrogen) atoms. The summed E-state index contributed by atoms with van der Waals surface area (Å²) in [4.78, 5) is 16.5. The van der Waals surface area contributed by atoms with Gasteiger partial charge in [0, 0.05) is 0 Å². The van der Waals surface area contributed by atoms with Crippen LogP contribution in [0.5, 0.6) is 0 Å². The Hall–Kier alpha value is -0.977. The van der Waals surface area contributed by atoms with E-state index >= 15 is 0 Å². The molecule has 0 aliphatic heterocycles. The zero-order valence-electron chi connectivity index (χ0n) is 3.68. The van der Waals surface area contributed by atoms with Crippen molar-refractivity contribution in [1.82, 2.24) is 0 Å². The summed E-state index contributed by atoms with van der Waals surface area (Å²) in [5, 5.41) is 29.5. The third kappa shape index (κ3) is 186. The summed E-state index contributed by atoms with van der Waals surface area (Å²) in [5.74, 6) is 0. The minimum atomic E-state index is -1.75. The van der Waals surface area contributed by atoms with E-state index in [1.54, 1.807) is 0 Å². The molecule has 55 valence electrons. The Kier molecular flexibility index (Phi) is 17.6. The van der Waals surface area contributed by atoms with Gasteiger partial charge in [0.05, 0.1) is 10.2 Å². The number of hydrogen-bond donors (Lipinski definition) is 0. The van der Waals surface area contributed by atoms with Crippen LogP contribution in [0, 0.1) is 30.6 Å². The van der Waals surface area contributed by atoms with Crippen LogP contribution in [0.4, 0.5) is 0 Å². The normalized spacial score (nSPS) is 5.33. The quantitative estimate of drug-likeness (QED) is 0.311. The molecule has 0 aromatic heterocycles. The molecule has 0 heterocycles. The maximum absolute atomic E-state index is 8.25. The summed E-state index contributed by atoms with van der Waals surface area (Å²) in [5.41, 5.74) is 0. The van der Waals surface area contributed by atoms with E-state index in [1.165, 1.54) is 0 Å². The van der Waals surface area contributed by atoms with Crippen LogP contribution >= 0.6 is 0 Å². The molecule has 0 saturated heterocycles. The van der Waals surface area contributed by atoms with Gasteiger partial charge in [-0.05, 0) is 0 Å². The molecule has 9 heteroatoms. The Morgan fingerprint density at radius 2 is 0.778 bits per heavy atom. The van der Waals surface area contributed by atoms with Crippen LogP contribution in [-0.2, 0) is 19.5 Å². The zero-order chi connectivity index (χ0) is 7.15. The van der Waals surface area contributed by atoms with Gasteiger partial charge in [0.15, 0.2) is 0 Å². The maximum atomic E-state index is 8.25. The third-order valence-corrected chi connectivity index (χ3v) is 0. The minimum Gasteiger partial charge on any atom is -0.356 e. The van der Waals surface area contributed by atoms with Crippen molar-refractivity contribution in [3.63, 3.8) is 0 Å². The second-order valence-electron chi connectivity index (χ2n) is 0.447. The van der Waals surface area contributed by atoms with Crippen molar-refractivity contribution in [2.24, 2.45) is 0 Å². The van der Waals surface area contributed by atoms with Gasteiger partial charge in [-0.25, -0.2) is 0 Å². The molecule has 0 aliphatic rings. The predicted molar refractivity (Wildman–Crippen MR) is 20.7 cm³/mol. The van der Waals surface area contributed by atoms with Gasteiger partial charge in [-0.3, -0.25) is 0 Å². The van der Waals surface area contributed by atoms with Crippen LogP contribution < -0.4 is 0 Å². The molecule has 8 nitrogen and oxygen atoms in total. The summed E-state index contributed by atoms with van der Waals surface area (Å²) in [6, 6.07) is 0. The average Bonchev–Trinajstić information content (AvgIpc) is 1.25. The molecule has 0 atom stereocenters. The van der Waals surface area contributed by atoms with E-state index in [1.807, 2.05) is 0 Å². The first-order chi connectivity index (χ1) is 3.46. The molecule has 0 aromatic rings. The average molecular weight is 227 g/mol. The summed E-state index contributed by atoms with van der Waals surface area (Å²) >= 11 is 0. The van der Waals surface area contributed by atoms with Crippen LogP contribution in [0.15, 0.2) is 0 Å². The van der Waals surface area contributed by atoms with Crippen molar-refractivity contribution in [2.45, 2.75) is 0 Å². The molecule has 1 radical (unpaired) electrons. The van der Waals surface area contributed by atoms with Crippen molar-refractivity contribution in [3.8, 4) is 0 Å². The molecular formula is N2O6Rh. The SMILES string of the molecule is O=[N+]([O-])[O-].O=[N+]([O-])[O-].[Rh+2]. The summed E-state index contributed by atoms with van der Waals surface area (Å²) in [6.45, 7) is 0. The van der Waals surface area contributed by atoms with Gasteiger partial charge >= 0.3 is 19.5 Å². The van der Waals surface area contributed by atoms with Crippen molar-refractivity contribution < 1.29 is 29.7 Å². The molecule has 0 aliphatic carbocycles. The molecule has 0 N–H and O–H groups in total. The molecule has 0 rings (SSSR count). The fraction of sp³-hybridized carbons (Fsp3) is 0. The number of nitrogens with zero attached hydrogens (tertiary/aromatic N) is 2. The van der Waals surface area contributed by atoms with E-state index in [0.29, 0.717) is 0 Å². The first kappa shape index (κ1) is 15.7. The Morgan fingerprint density at radius 1 is 0.778 bits per heavy atom. The topological polar surface area (TPSA) is 132 Å². The summed E-state index contributed by atoms with van der Waals surface area (Å²) in [7, 11) is 0. The van der Waals surface area contributed by atoms with Crippen LogP contribution in [-0.4, -0.2) is 10.2 Å². The second kappa shape index (κ2) is 10.1. The first-order valence-electron chi connectivity index (χ1n) is 1.10. The van der Waals surface area contributed by atoms with Crippen molar-refractivity contribution in [3.05, 3.63) is 30.6 Å². The van der Waals surface area contributed by atoms with Crippen molar-refractivity contribution >= 4 is 0 Å². The molecule has 0 saturated carbocycles. The van der Waals surface area contributed by atoms with Crippen molar-refractivity contribution in [1.29, 1.82) is 0 Å². The zero-order valence-corrected chi connectivity index (χ0v) is 5.32. The van der Waals surface area contributed by atoms with Crippen LogP contribution in [0.1, 0.15) is 0 Å². The van der Waals surface area contributed by atoms with E-state index in [0.717, 1.165) is 0 Å². The fourth-order valence-corrected chi connectivity index (χ4v) is 0. The third-order valence-electron chi connectivity index (χ3n) is 0. The molecule has 0 amide bonds. The Labute approximate surface area is 61.1 Å². The van der Waals surface area contributed by atoms with E-state index < -0.39 is 10.2 Å². The first-order valence-corrected chi connectivity index (χ1v) is 1.10. The smallest absolute Gasteiger partial charge is 0.356 e. The molecular weight excluding hydrogens is 227 g/mol. The van der Waals surface area contributed by atoms with Crippen molar-refractivity contribution in [2.75, 3.05) is 0 Å². The second-order valence-corrected chi connectivity index (χ2v) is 0.447. The largest absolute Gasteiger partial charge is 2.00 e. The molecule has 0 unspecified atom stereocenters. The monoisotopic (exact) mass is 227 g/mol. The maximum Gasteiger partial charge on any atom is 2.00 e. The minimum absolute atomic E-state index is 0. The van der Waals surface area contributed by atoms with Gasteiger partial charge < -0.3 is 30.6 Å². The van der Waals surface area contributed by atoms with Gasteiger partial charge in [0.2, 0.25) is 0 Å². The van der Waals surface area contributed by atoms with E-state index in [4.69, 9.17) is 30.6 Å². The molecule has 0 bridgehead atoms. The van der Waals surface area contributed by atoms with Gasteiger partial charge in [-0.1, -0.05) is 0 Å².